The number of para-hydroxylation sites is 3. The zero-order valence-electron chi connectivity index (χ0n) is 23.3. The summed E-state index contributed by atoms with van der Waals surface area (Å²) in [6.07, 6.45) is 5.64. The van der Waals surface area contributed by atoms with Crippen LogP contribution >= 0.6 is 0 Å². The van der Waals surface area contributed by atoms with Crippen molar-refractivity contribution in [1.82, 2.24) is 19.0 Å². The minimum absolute atomic E-state index is 0.158. The number of hydrogen-bond acceptors (Lipinski definition) is 3. The molecular weight excluding hydrogens is 494 g/mol. The predicted octanol–water partition coefficient (Wildman–Crippen LogP) is 6.82. The van der Waals surface area contributed by atoms with E-state index in [0.717, 1.165) is 79.2 Å². The highest BCUT2D eigenvalue weighted by atomic mass is 16.2. The summed E-state index contributed by atoms with van der Waals surface area (Å²) < 4.78 is 4.78. The van der Waals surface area contributed by atoms with E-state index >= 15 is 0 Å². The zero-order valence-corrected chi connectivity index (χ0v) is 23.3. The Morgan fingerprint density at radius 1 is 0.800 bits per heavy atom. The van der Waals surface area contributed by atoms with Crippen LogP contribution in [0.5, 0.6) is 0 Å². The minimum Gasteiger partial charge on any atom is -0.342 e. The van der Waals surface area contributed by atoms with Crippen LogP contribution < -0.4 is 4.90 Å². The fourth-order valence-electron chi connectivity index (χ4n) is 6.86. The highest BCUT2D eigenvalue weighted by Crippen LogP contribution is 2.35. The van der Waals surface area contributed by atoms with Crippen molar-refractivity contribution in [3.8, 4) is 0 Å². The number of carbonyl (C=O) groups excluding carboxylic acids is 1. The number of nitrogens with zero attached hydrogens (tertiary/aromatic N) is 5. The van der Waals surface area contributed by atoms with Gasteiger partial charge in [-0.15, -0.1) is 0 Å². The second kappa shape index (κ2) is 10.5. The minimum atomic E-state index is 0.158. The molecule has 0 radical (unpaired) electrons. The van der Waals surface area contributed by atoms with Gasteiger partial charge in [0.15, 0.2) is 0 Å². The summed E-state index contributed by atoms with van der Waals surface area (Å²) in [6, 6.07) is 27.7. The summed E-state index contributed by atoms with van der Waals surface area (Å²) in [6.45, 7) is 6.53. The van der Waals surface area contributed by atoms with Crippen molar-refractivity contribution >= 4 is 33.8 Å². The Morgan fingerprint density at radius 2 is 1.48 bits per heavy atom. The normalized spacial score (nSPS) is 16.7. The topological polar surface area (TPSA) is 46.3 Å². The number of anilines is 1. The van der Waals surface area contributed by atoms with Crippen LogP contribution in [0, 0.1) is 6.92 Å². The van der Waals surface area contributed by atoms with Gasteiger partial charge in [0.25, 0.3) is 5.91 Å². The first-order chi connectivity index (χ1) is 19.7. The molecule has 3 aromatic carbocycles. The van der Waals surface area contributed by atoms with Gasteiger partial charge < -0.3 is 18.9 Å². The quantitative estimate of drug-likeness (QED) is 0.250. The van der Waals surface area contributed by atoms with Gasteiger partial charge in [-0.25, -0.2) is 4.98 Å². The van der Waals surface area contributed by atoms with E-state index in [0.29, 0.717) is 6.04 Å². The molecule has 40 heavy (non-hydrogen) atoms. The van der Waals surface area contributed by atoms with E-state index in [1.54, 1.807) is 0 Å². The smallest absolute Gasteiger partial charge is 0.256 e. The summed E-state index contributed by atoms with van der Waals surface area (Å²) in [7, 11) is 0. The fraction of sp³-hybridized carbons (Fsp3) is 0.353. The summed E-state index contributed by atoms with van der Waals surface area (Å²) in [4.78, 5) is 23.8. The van der Waals surface area contributed by atoms with E-state index in [1.807, 2.05) is 12.1 Å². The maximum absolute atomic E-state index is 14.1. The molecular formula is C34H37N5O. The first-order valence-electron chi connectivity index (χ1n) is 14.8. The van der Waals surface area contributed by atoms with Gasteiger partial charge in [-0.05, 0) is 62.8 Å². The lowest BCUT2D eigenvalue weighted by molar-refractivity contribution is 0.0697. The highest BCUT2D eigenvalue weighted by Gasteiger charge is 2.31. The monoisotopic (exact) mass is 531 g/mol. The van der Waals surface area contributed by atoms with E-state index < -0.39 is 0 Å². The van der Waals surface area contributed by atoms with Crippen molar-refractivity contribution in [2.45, 2.75) is 51.6 Å². The molecule has 1 amide bonds. The Hall–Kier alpha value is -4.06. The largest absolute Gasteiger partial charge is 0.342 e. The van der Waals surface area contributed by atoms with E-state index in [-0.39, 0.29) is 5.91 Å². The molecule has 0 saturated carbocycles. The second-order valence-corrected chi connectivity index (χ2v) is 11.4. The molecule has 2 aliphatic rings. The molecule has 6 heteroatoms. The third-order valence-electron chi connectivity index (χ3n) is 8.96. The average Bonchev–Trinajstić information content (AvgIpc) is 3.53. The number of benzene rings is 3. The van der Waals surface area contributed by atoms with E-state index in [9.17, 15) is 4.79 Å². The van der Waals surface area contributed by atoms with E-state index in [4.69, 9.17) is 4.98 Å². The number of rotatable bonds is 5. The van der Waals surface area contributed by atoms with Gasteiger partial charge in [0, 0.05) is 55.4 Å². The Bertz CT molecular complexity index is 1650. The average molecular weight is 532 g/mol. The van der Waals surface area contributed by atoms with Crippen LogP contribution in [-0.4, -0.2) is 51.1 Å². The van der Waals surface area contributed by atoms with Crippen molar-refractivity contribution < 1.29 is 4.79 Å². The first kappa shape index (κ1) is 24.9. The van der Waals surface area contributed by atoms with E-state index in [1.165, 1.54) is 30.3 Å². The highest BCUT2D eigenvalue weighted by molar-refractivity contribution is 6.08. The van der Waals surface area contributed by atoms with Gasteiger partial charge in [0.05, 0.1) is 16.6 Å². The molecule has 6 nitrogen and oxygen atoms in total. The fourth-order valence-corrected chi connectivity index (χ4v) is 6.86. The third-order valence-corrected chi connectivity index (χ3v) is 8.96. The molecule has 0 unspecified atom stereocenters. The molecule has 0 aliphatic carbocycles. The Morgan fingerprint density at radius 3 is 2.25 bits per heavy atom. The Labute approximate surface area is 235 Å². The van der Waals surface area contributed by atoms with Crippen LogP contribution in [0.2, 0.25) is 0 Å². The van der Waals surface area contributed by atoms with Crippen LogP contribution in [0.4, 0.5) is 5.95 Å². The molecule has 5 aromatic rings. The number of aromatic nitrogens is 3. The number of carbonyl (C=O) groups is 1. The molecule has 0 spiro atoms. The SMILES string of the molecule is Cc1c(C(=O)N2CCC(n3c(N4CCCCC4)nc4ccccc43)CC2)c2ccccc2n1Cc1ccccc1. The van der Waals surface area contributed by atoms with Crippen molar-refractivity contribution in [3.05, 3.63) is 95.7 Å². The van der Waals surface area contributed by atoms with Gasteiger partial charge in [0.2, 0.25) is 5.95 Å². The van der Waals surface area contributed by atoms with Crippen LogP contribution in [0.3, 0.4) is 0 Å². The molecule has 0 bridgehead atoms. The second-order valence-electron chi connectivity index (χ2n) is 11.4. The Kier molecular flexibility index (Phi) is 6.54. The number of hydrogen-bond donors (Lipinski definition) is 0. The third kappa shape index (κ3) is 4.36. The van der Waals surface area contributed by atoms with Crippen LogP contribution in [0.15, 0.2) is 78.9 Å². The molecule has 0 atom stereocenters. The van der Waals surface area contributed by atoms with Crippen molar-refractivity contribution in [2.24, 2.45) is 0 Å². The molecule has 2 fully saturated rings. The van der Waals surface area contributed by atoms with Crippen molar-refractivity contribution in [1.29, 1.82) is 0 Å². The first-order valence-corrected chi connectivity index (χ1v) is 14.8. The molecule has 2 aromatic heterocycles. The summed E-state index contributed by atoms with van der Waals surface area (Å²) >= 11 is 0. The summed E-state index contributed by atoms with van der Waals surface area (Å²) in [5, 5.41) is 1.05. The van der Waals surface area contributed by atoms with Crippen LogP contribution in [-0.2, 0) is 6.54 Å². The molecule has 2 aliphatic heterocycles. The molecule has 204 valence electrons. The predicted molar refractivity (Wildman–Crippen MR) is 162 cm³/mol. The van der Waals surface area contributed by atoms with Gasteiger partial charge in [-0.1, -0.05) is 60.7 Å². The van der Waals surface area contributed by atoms with Crippen LogP contribution in [0.25, 0.3) is 21.9 Å². The molecule has 4 heterocycles. The van der Waals surface area contributed by atoms with Crippen molar-refractivity contribution in [3.63, 3.8) is 0 Å². The van der Waals surface area contributed by atoms with Gasteiger partial charge in [-0.2, -0.15) is 0 Å². The number of fused-ring (bicyclic) bond motifs is 2. The van der Waals surface area contributed by atoms with Gasteiger partial charge in [-0.3, -0.25) is 4.79 Å². The van der Waals surface area contributed by atoms with Crippen LogP contribution in [0.1, 0.15) is 59.8 Å². The maximum Gasteiger partial charge on any atom is 0.256 e. The number of amides is 1. The number of piperidine rings is 2. The molecule has 0 N–H and O–H groups in total. The number of imidazole rings is 1. The van der Waals surface area contributed by atoms with E-state index in [2.05, 4.69) is 92.6 Å². The van der Waals surface area contributed by atoms with Gasteiger partial charge in [0.1, 0.15) is 0 Å². The standard InChI is InChI=1S/C34H37N5O/c1-25-32(28-14-6-8-16-30(28)38(25)24-26-12-4-2-5-13-26)33(40)36-22-18-27(19-23-36)39-31-17-9-7-15-29(31)35-34(39)37-20-10-3-11-21-37/h2,4-9,12-17,27H,3,10-11,18-24H2,1H3. The van der Waals surface area contributed by atoms with Crippen molar-refractivity contribution in [2.75, 3.05) is 31.1 Å². The lowest BCUT2D eigenvalue weighted by Crippen LogP contribution is -2.40. The number of likely N-dealkylation sites (tertiary alicyclic amines) is 1. The Balaban J connectivity index is 1.16. The molecule has 7 rings (SSSR count). The van der Waals surface area contributed by atoms with Gasteiger partial charge >= 0.3 is 0 Å². The summed E-state index contributed by atoms with van der Waals surface area (Å²) in [5.41, 5.74) is 6.55. The summed E-state index contributed by atoms with van der Waals surface area (Å²) in [5.74, 6) is 1.27. The lowest BCUT2D eigenvalue weighted by atomic mass is 10.0. The maximum atomic E-state index is 14.1. The zero-order chi connectivity index (χ0) is 27.1. The lowest BCUT2D eigenvalue weighted by Gasteiger charge is -2.36. The molecule has 2 saturated heterocycles.